The highest BCUT2D eigenvalue weighted by Gasteiger charge is 2.20. The van der Waals surface area contributed by atoms with E-state index in [0.717, 1.165) is 10.1 Å². The summed E-state index contributed by atoms with van der Waals surface area (Å²) in [5, 5.41) is 18.5. The van der Waals surface area contributed by atoms with Gasteiger partial charge in [-0.3, -0.25) is 4.79 Å². The van der Waals surface area contributed by atoms with E-state index in [2.05, 4.69) is 4.37 Å². The third-order valence-corrected chi connectivity index (χ3v) is 3.17. The van der Waals surface area contributed by atoms with Crippen molar-refractivity contribution in [2.24, 2.45) is 0 Å². The molecule has 86 valence electrons. The Morgan fingerprint density at radius 2 is 2.41 bits per heavy atom. The molecule has 1 aromatic heterocycles. The third kappa shape index (κ3) is 1.92. The van der Waals surface area contributed by atoms with Gasteiger partial charge in [-0.1, -0.05) is 6.07 Å². The molecule has 1 N–H and O–H groups in total. The molecule has 1 heterocycles. The summed E-state index contributed by atoms with van der Waals surface area (Å²) in [5.41, 5.74) is 0.436. The summed E-state index contributed by atoms with van der Waals surface area (Å²) in [6.45, 7) is 0. The minimum Gasteiger partial charge on any atom is -0.480 e. The van der Waals surface area contributed by atoms with E-state index < -0.39 is 11.9 Å². The Kier molecular flexibility index (Phi) is 2.93. The van der Waals surface area contributed by atoms with Gasteiger partial charge in [0.15, 0.2) is 5.92 Å². The van der Waals surface area contributed by atoms with E-state index in [0.29, 0.717) is 11.4 Å². The summed E-state index contributed by atoms with van der Waals surface area (Å²) in [7, 11) is 1.50. The summed E-state index contributed by atoms with van der Waals surface area (Å²) < 4.78 is 10.0. The Morgan fingerprint density at radius 3 is 3.00 bits per heavy atom. The lowest BCUT2D eigenvalue weighted by Crippen LogP contribution is -2.08. The summed E-state index contributed by atoms with van der Waals surface area (Å²) in [5.74, 6) is -1.87. The van der Waals surface area contributed by atoms with Crippen molar-refractivity contribution >= 4 is 27.6 Å². The van der Waals surface area contributed by atoms with Gasteiger partial charge in [0.25, 0.3) is 0 Å². The molecular formula is C11H8N2O3S. The van der Waals surface area contributed by atoms with Gasteiger partial charge < -0.3 is 9.84 Å². The lowest BCUT2D eigenvalue weighted by atomic mass is 10.00. The van der Waals surface area contributed by atoms with Crippen molar-refractivity contribution in [1.29, 1.82) is 5.26 Å². The van der Waals surface area contributed by atoms with E-state index in [4.69, 9.17) is 15.1 Å². The quantitative estimate of drug-likeness (QED) is 0.898. The van der Waals surface area contributed by atoms with Crippen molar-refractivity contribution in [2.45, 2.75) is 5.92 Å². The second-order valence-electron chi connectivity index (χ2n) is 3.35. The molecule has 0 spiro atoms. The Morgan fingerprint density at radius 1 is 1.65 bits per heavy atom. The Labute approximate surface area is 101 Å². The van der Waals surface area contributed by atoms with Gasteiger partial charge in [-0.25, -0.2) is 0 Å². The number of aliphatic carboxylic acids is 1. The molecule has 0 bridgehead atoms. The number of hydrogen-bond acceptors (Lipinski definition) is 5. The zero-order valence-corrected chi connectivity index (χ0v) is 9.69. The normalized spacial score (nSPS) is 12.0. The van der Waals surface area contributed by atoms with Crippen molar-refractivity contribution in [3.63, 3.8) is 0 Å². The maximum absolute atomic E-state index is 10.9. The van der Waals surface area contributed by atoms with E-state index in [1.165, 1.54) is 18.6 Å². The van der Waals surface area contributed by atoms with Crippen LogP contribution in [0, 0.1) is 11.3 Å². The number of ether oxygens (including phenoxy) is 1. The largest absolute Gasteiger partial charge is 0.480 e. The first-order valence-corrected chi connectivity index (χ1v) is 5.50. The highest BCUT2D eigenvalue weighted by Crippen LogP contribution is 2.31. The van der Waals surface area contributed by atoms with Crippen molar-refractivity contribution < 1.29 is 14.6 Å². The van der Waals surface area contributed by atoms with E-state index in [1.54, 1.807) is 24.3 Å². The number of carboxylic acids is 1. The second kappa shape index (κ2) is 4.39. The predicted molar refractivity (Wildman–Crippen MR) is 62.2 cm³/mol. The number of benzene rings is 1. The van der Waals surface area contributed by atoms with Crippen LogP contribution in [0.25, 0.3) is 10.1 Å². The number of rotatable bonds is 3. The summed E-state index contributed by atoms with van der Waals surface area (Å²) in [6, 6.07) is 6.77. The van der Waals surface area contributed by atoms with Gasteiger partial charge in [0.05, 0.1) is 23.3 Å². The fourth-order valence-electron chi connectivity index (χ4n) is 1.53. The molecule has 0 fully saturated rings. The molecule has 5 nitrogen and oxygen atoms in total. The first-order valence-electron chi connectivity index (χ1n) is 4.73. The molecule has 0 aliphatic carbocycles. The monoisotopic (exact) mass is 248 g/mol. The molecule has 17 heavy (non-hydrogen) atoms. The van der Waals surface area contributed by atoms with Gasteiger partial charge in [0.1, 0.15) is 0 Å². The van der Waals surface area contributed by atoms with Gasteiger partial charge >= 0.3 is 5.97 Å². The molecule has 1 unspecified atom stereocenters. The van der Waals surface area contributed by atoms with Gasteiger partial charge in [0.2, 0.25) is 5.88 Å². The number of nitriles is 1. The fourth-order valence-corrected chi connectivity index (χ4v) is 2.26. The molecule has 2 aromatic rings. The molecule has 1 atom stereocenters. The number of carboxylic acid groups (broad SMARTS) is 1. The maximum atomic E-state index is 10.9. The van der Waals surface area contributed by atoms with Gasteiger partial charge in [-0.2, -0.15) is 9.64 Å². The van der Waals surface area contributed by atoms with E-state index in [9.17, 15) is 4.79 Å². The maximum Gasteiger partial charge on any atom is 0.325 e. The fraction of sp³-hybridized carbons (Fsp3) is 0.182. The molecule has 0 saturated heterocycles. The van der Waals surface area contributed by atoms with Crippen LogP contribution in [0.5, 0.6) is 5.88 Å². The van der Waals surface area contributed by atoms with Crippen LogP contribution in [-0.2, 0) is 4.79 Å². The smallest absolute Gasteiger partial charge is 0.325 e. The summed E-state index contributed by atoms with van der Waals surface area (Å²) in [6.07, 6.45) is 0. The van der Waals surface area contributed by atoms with Gasteiger partial charge in [0, 0.05) is 0 Å². The summed E-state index contributed by atoms with van der Waals surface area (Å²) in [4.78, 5) is 10.9. The van der Waals surface area contributed by atoms with Gasteiger partial charge in [-0.15, -0.1) is 0 Å². The van der Waals surface area contributed by atoms with Crippen LogP contribution in [0.1, 0.15) is 11.5 Å². The van der Waals surface area contributed by atoms with Crippen LogP contribution in [0.3, 0.4) is 0 Å². The molecule has 0 aliphatic heterocycles. The topological polar surface area (TPSA) is 83.2 Å². The molecule has 0 aliphatic rings. The minimum atomic E-state index is -1.16. The lowest BCUT2D eigenvalue weighted by molar-refractivity contribution is -0.137. The standard InChI is InChI=1S/C11H8N2O3S/c1-16-10-7-4-6(8(5-12)11(14)15)2-3-9(7)17-13-10/h2-4,8H,1H3,(H,14,15). The number of fused-ring (bicyclic) bond motifs is 1. The average Bonchev–Trinajstić information content (AvgIpc) is 2.71. The second-order valence-corrected chi connectivity index (χ2v) is 4.15. The summed E-state index contributed by atoms with van der Waals surface area (Å²) >= 11 is 1.27. The molecule has 2 rings (SSSR count). The van der Waals surface area contributed by atoms with Crippen LogP contribution >= 0.6 is 11.5 Å². The predicted octanol–water partition coefficient (Wildman–Crippen LogP) is 2.00. The SMILES string of the molecule is COc1nsc2ccc(C(C#N)C(=O)O)cc12. The van der Waals surface area contributed by atoms with Crippen molar-refractivity contribution in [1.82, 2.24) is 4.37 Å². The van der Waals surface area contributed by atoms with E-state index >= 15 is 0 Å². The first kappa shape index (κ1) is 11.4. The number of methoxy groups -OCH3 is 1. The number of hydrogen-bond donors (Lipinski definition) is 1. The van der Waals surface area contributed by atoms with E-state index in [-0.39, 0.29) is 0 Å². The Bertz CT molecular complexity index is 615. The van der Waals surface area contributed by atoms with Crippen molar-refractivity contribution in [3.05, 3.63) is 23.8 Å². The highest BCUT2D eigenvalue weighted by molar-refractivity contribution is 7.13. The molecule has 1 aromatic carbocycles. The lowest BCUT2D eigenvalue weighted by Gasteiger charge is -2.04. The van der Waals surface area contributed by atoms with Crippen LogP contribution in [0.2, 0.25) is 0 Å². The van der Waals surface area contributed by atoms with Crippen LogP contribution in [0.4, 0.5) is 0 Å². The average molecular weight is 248 g/mol. The molecule has 0 amide bonds. The Hall–Kier alpha value is -2.13. The number of nitrogens with zero attached hydrogens (tertiary/aromatic N) is 2. The van der Waals surface area contributed by atoms with Crippen LogP contribution in [0.15, 0.2) is 18.2 Å². The van der Waals surface area contributed by atoms with Crippen molar-refractivity contribution in [3.8, 4) is 11.9 Å². The Balaban J connectivity index is 2.57. The van der Waals surface area contributed by atoms with Crippen LogP contribution < -0.4 is 4.74 Å². The molecule has 0 radical (unpaired) electrons. The van der Waals surface area contributed by atoms with E-state index in [1.807, 2.05) is 0 Å². The third-order valence-electron chi connectivity index (χ3n) is 2.36. The highest BCUT2D eigenvalue weighted by atomic mass is 32.1. The van der Waals surface area contributed by atoms with Crippen molar-refractivity contribution in [2.75, 3.05) is 7.11 Å². The molecule has 0 saturated carbocycles. The molecular weight excluding hydrogens is 240 g/mol. The number of aromatic nitrogens is 1. The zero-order valence-electron chi connectivity index (χ0n) is 8.88. The van der Waals surface area contributed by atoms with Gasteiger partial charge in [-0.05, 0) is 29.2 Å². The first-order chi connectivity index (χ1) is 8.17. The molecule has 6 heteroatoms. The number of carbonyl (C=O) groups is 1. The van der Waals surface area contributed by atoms with Crippen LogP contribution in [-0.4, -0.2) is 22.6 Å². The minimum absolute atomic E-state index is 0.436. The zero-order chi connectivity index (χ0) is 12.4.